The van der Waals surface area contributed by atoms with E-state index in [0.717, 1.165) is 32.4 Å². The molecule has 7 rings (SSSR count). The van der Waals surface area contributed by atoms with Gasteiger partial charge in [-0.3, -0.25) is 14.5 Å². The Balaban J connectivity index is 1.67. The topological polar surface area (TPSA) is 76.1 Å². The zero-order valence-corrected chi connectivity index (χ0v) is 17.0. The van der Waals surface area contributed by atoms with Crippen LogP contribution in [0.1, 0.15) is 46.0 Å². The Kier molecular flexibility index (Phi) is 3.31. The molecule has 6 nitrogen and oxygen atoms in total. The fourth-order valence-electron chi connectivity index (χ4n) is 9.29. The molecule has 154 valence electrons. The number of piperidine rings is 1. The van der Waals surface area contributed by atoms with Gasteiger partial charge in [0.1, 0.15) is 11.9 Å². The van der Waals surface area contributed by atoms with Gasteiger partial charge >= 0.3 is 5.97 Å². The van der Waals surface area contributed by atoms with Gasteiger partial charge in [-0.25, -0.2) is 0 Å². The first-order chi connectivity index (χ1) is 13.3. The molecular weight excluding hydrogens is 358 g/mol. The maximum atomic E-state index is 14.1. The second kappa shape index (κ2) is 5.19. The average molecular weight is 389 g/mol. The lowest BCUT2D eigenvalue weighted by Crippen LogP contribution is -2.76. The number of ketones is 1. The second-order valence-corrected chi connectivity index (χ2v) is 10.6. The predicted octanol–water partition coefficient (Wildman–Crippen LogP) is 1.39. The lowest BCUT2D eigenvalue weighted by molar-refractivity contribution is -0.268. The molecule has 0 aromatic rings. The highest BCUT2D eigenvalue weighted by Gasteiger charge is 2.84. The van der Waals surface area contributed by atoms with E-state index in [0.29, 0.717) is 12.8 Å². The molecular formula is C22H31NO5. The fourth-order valence-corrected chi connectivity index (χ4v) is 9.29. The number of hydrogen-bond acceptors (Lipinski definition) is 6. The van der Waals surface area contributed by atoms with Gasteiger partial charge in [0.15, 0.2) is 0 Å². The normalized spacial score (nSPS) is 59.2. The molecule has 6 heteroatoms. The molecule has 10 atom stereocenters. The largest absolute Gasteiger partial charge is 0.462 e. The molecule has 1 spiro atoms. The van der Waals surface area contributed by atoms with Gasteiger partial charge in [0, 0.05) is 31.0 Å². The van der Waals surface area contributed by atoms with Gasteiger partial charge in [-0.1, -0.05) is 13.8 Å². The predicted molar refractivity (Wildman–Crippen MR) is 99.3 cm³/mol. The average Bonchev–Trinajstić information content (AvgIpc) is 2.73. The summed E-state index contributed by atoms with van der Waals surface area (Å²) in [6.45, 7) is 6.18. The Morgan fingerprint density at radius 3 is 2.75 bits per heavy atom. The van der Waals surface area contributed by atoms with Crippen LogP contribution in [0.4, 0.5) is 0 Å². The molecule has 4 saturated carbocycles. The van der Waals surface area contributed by atoms with Gasteiger partial charge < -0.3 is 14.6 Å². The Bertz CT molecular complexity index is 770. The molecule has 3 unspecified atom stereocenters. The number of ether oxygens (including phenoxy) is 2. The lowest BCUT2D eigenvalue weighted by atomic mass is 9.42. The standard InChI is InChI=1S/C22H31NO5/c1-4-23-10-20(2)7-6-13(27-3)22-12-9-11-5-8-21(26,14(12)19(25)28-11)15(18(22)23)16(24)17(20)22/h11-15,17-18,26H,4-10H2,1-3H3/t11-,12?,13-,14+,15-,17?,18?,20-,21+,22-/m0/s1. The summed E-state index contributed by atoms with van der Waals surface area (Å²) in [5.41, 5.74) is -1.76. The number of esters is 1. The van der Waals surface area contributed by atoms with E-state index in [1.807, 2.05) is 0 Å². The Morgan fingerprint density at radius 1 is 1.25 bits per heavy atom. The third-order valence-electron chi connectivity index (χ3n) is 9.84. The fraction of sp³-hybridized carbons (Fsp3) is 0.909. The number of carbonyl (C=O) groups is 2. The summed E-state index contributed by atoms with van der Waals surface area (Å²) >= 11 is 0. The summed E-state index contributed by atoms with van der Waals surface area (Å²) in [5, 5.41) is 12.0. The number of Topliss-reactive ketones (excluding diaryl/α,β-unsaturated/α-hetero) is 1. The van der Waals surface area contributed by atoms with Crippen molar-refractivity contribution < 1.29 is 24.2 Å². The van der Waals surface area contributed by atoms with Gasteiger partial charge in [0.2, 0.25) is 0 Å². The van der Waals surface area contributed by atoms with Crippen molar-refractivity contribution in [3.8, 4) is 0 Å². The molecule has 0 aromatic heterocycles. The number of aliphatic hydroxyl groups is 1. The Morgan fingerprint density at radius 2 is 2.04 bits per heavy atom. The Labute approximate surface area is 165 Å². The van der Waals surface area contributed by atoms with Crippen LogP contribution in [0.25, 0.3) is 0 Å². The highest BCUT2D eigenvalue weighted by Crippen LogP contribution is 2.75. The maximum Gasteiger partial charge on any atom is 0.312 e. The van der Waals surface area contributed by atoms with Crippen molar-refractivity contribution in [3.05, 3.63) is 0 Å². The zero-order valence-electron chi connectivity index (χ0n) is 17.0. The minimum Gasteiger partial charge on any atom is -0.462 e. The Hall–Kier alpha value is -0.980. The molecule has 1 N–H and O–H groups in total. The second-order valence-electron chi connectivity index (χ2n) is 10.6. The number of carbonyl (C=O) groups excluding carboxylic acids is 2. The molecule has 3 saturated heterocycles. The van der Waals surface area contributed by atoms with Crippen molar-refractivity contribution in [3.63, 3.8) is 0 Å². The van der Waals surface area contributed by atoms with E-state index in [4.69, 9.17) is 9.47 Å². The quantitative estimate of drug-likeness (QED) is 0.720. The van der Waals surface area contributed by atoms with Crippen molar-refractivity contribution in [2.75, 3.05) is 20.2 Å². The molecule has 0 radical (unpaired) electrons. The molecule has 7 fully saturated rings. The van der Waals surface area contributed by atoms with Gasteiger partial charge in [-0.05, 0) is 50.0 Å². The number of methoxy groups -OCH3 is 1. The van der Waals surface area contributed by atoms with Crippen LogP contribution < -0.4 is 0 Å². The molecule has 9 bridgehead atoms. The smallest absolute Gasteiger partial charge is 0.312 e. The highest BCUT2D eigenvalue weighted by molar-refractivity contribution is 5.94. The van der Waals surface area contributed by atoms with Gasteiger partial charge in [0.25, 0.3) is 0 Å². The molecule has 28 heavy (non-hydrogen) atoms. The molecule has 3 heterocycles. The van der Waals surface area contributed by atoms with E-state index in [1.54, 1.807) is 7.11 Å². The number of nitrogens with zero attached hydrogens (tertiary/aromatic N) is 1. The van der Waals surface area contributed by atoms with Gasteiger partial charge in [-0.15, -0.1) is 0 Å². The van der Waals surface area contributed by atoms with Crippen LogP contribution in [0.2, 0.25) is 0 Å². The van der Waals surface area contributed by atoms with Crippen molar-refractivity contribution >= 4 is 11.8 Å². The van der Waals surface area contributed by atoms with E-state index in [1.165, 1.54) is 0 Å². The first kappa shape index (κ1) is 17.8. The monoisotopic (exact) mass is 389 g/mol. The van der Waals surface area contributed by atoms with E-state index < -0.39 is 17.4 Å². The molecule has 3 aliphatic heterocycles. The maximum absolute atomic E-state index is 14.1. The van der Waals surface area contributed by atoms with E-state index >= 15 is 0 Å². The lowest BCUT2D eigenvalue weighted by Gasteiger charge is -2.68. The number of rotatable bonds is 2. The van der Waals surface area contributed by atoms with Crippen molar-refractivity contribution in [2.45, 2.75) is 69.8 Å². The third kappa shape index (κ3) is 1.63. The van der Waals surface area contributed by atoms with Crippen LogP contribution in [0.3, 0.4) is 0 Å². The van der Waals surface area contributed by atoms with Crippen molar-refractivity contribution in [1.82, 2.24) is 4.90 Å². The van der Waals surface area contributed by atoms with Crippen LogP contribution in [0.5, 0.6) is 0 Å². The summed E-state index contributed by atoms with van der Waals surface area (Å²) in [5.74, 6) is -1.32. The summed E-state index contributed by atoms with van der Waals surface area (Å²) in [7, 11) is 1.76. The minimum absolute atomic E-state index is 0.0239. The number of fused-ring (bicyclic) bond motifs is 2. The van der Waals surface area contributed by atoms with Crippen LogP contribution in [0.15, 0.2) is 0 Å². The summed E-state index contributed by atoms with van der Waals surface area (Å²) < 4.78 is 11.8. The highest BCUT2D eigenvalue weighted by atomic mass is 16.5. The summed E-state index contributed by atoms with van der Waals surface area (Å²) in [6.07, 6.45) is 3.63. The first-order valence-electron chi connectivity index (χ1n) is 11.1. The first-order valence-corrected chi connectivity index (χ1v) is 11.1. The minimum atomic E-state index is -1.27. The van der Waals surface area contributed by atoms with E-state index in [-0.39, 0.29) is 52.7 Å². The summed E-state index contributed by atoms with van der Waals surface area (Å²) in [4.78, 5) is 29.6. The third-order valence-corrected chi connectivity index (χ3v) is 9.84. The number of likely N-dealkylation sites (tertiary alicyclic amines) is 1. The van der Waals surface area contributed by atoms with Crippen molar-refractivity contribution in [2.24, 2.45) is 34.5 Å². The molecule has 7 aliphatic rings. The van der Waals surface area contributed by atoms with E-state index in [2.05, 4.69) is 18.7 Å². The number of hydrogen-bond donors (Lipinski definition) is 1. The van der Waals surface area contributed by atoms with E-state index in [9.17, 15) is 14.7 Å². The molecule has 0 amide bonds. The SMILES string of the molecule is CCN1C[C@]2(C)CC[C@H](OC)[C@@]34C5C[C@@H]6CC[C@@](O)([C@H]5C(=O)O6)[C@@H](C(=O)C23)C14. The van der Waals surface area contributed by atoms with Crippen LogP contribution in [0, 0.1) is 34.5 Å². The van der Waals surface area contributed by atoms with Crippen LogP contribution in [-0.4, -0.2) is 65.8 Å². The van der Waals surface area contributed by atoms with Crippen LogP contribution in [-0.2, 0) is 19.1 Å². The molecule has 0 aromatic carbocycles. The van der Waals surface area contributed by atoms with Crippen molar-refractivity contribution in [1.29, 1.82) is 0 Å². The van der Waals surface area contributed by atoms with Gasteiger partial charge in [0.05, 0.1) is 23.5 Å². The van der Waals surface area contributed by atoms with Crippen LogP contribution >= 0.6 is 0 Å². The van der Waals surface area contributed by atoms with Gasteiger partial charge in [-0.2, -0.15) is 0 Å². The zero-order chi connectivity index (χ0) is 19.6. The molecule has 4 aliphatic carbocycles. The summed E-state index contributed by atoms with van der Waals surface area (Å²) in [6, 6.07) is -0.0239.